The topological polar surface area (TPSA) is 70.8 Å². The summed E-state index contributed by atoms with van der Waals surface area (Å²) >= 11 is 0. The lowest BCUT2D eigenvalue weighted by atomic mass is 10.1. The summed E-state index contributed by atoms with van der Waals surface area (Å²) in [5.41, 5.74) is 6.01. The molecule has 21 heavy (non-hydrogen) atoms. The Kier molecular flexibility index (Phi) is 5.83. The van der Waals surface area contributed by atoms with Crippen molar-refractivity contribution in [2.75, 3.05) is 13.7 Å². The third-order valence-electron chi connectivity index (χ3n) is 2.50. The zero-order valence-corrected chi connectivity index (χ0v) is 11.6. The summed E-state index contributed by atoms with van der Waals surface area (Å²) in [4.78, 5) is 11.4. The Balaban J connectivity index is 2.89. The van der Waals surface area contributed by atoms with Crippen molar-refractivity contribution in [1.29, 1.82) is 0 Å². The number of carbonyl (C=O) groups excluding carboxylic acids is 1. The zero-order valence-electron chi connectivity index (χ0n) is 11.6. The van der Waals surface area contributed by atoms with Gasteiger partial charge in [-0.15, -0.1) is 13.2 Å². The molecule has 1 rings (SSSR count). The number of hydrogen-bond acceptors (Lipinski definition) is 5. The van der Waals surface area contributed by atoms with Gasteiger partial charge in [0.2, 0.25) is 0 Å². The van der Waals surface area contributed by atoms with E-state index in [4.69, 9.17) is 15.2 Å². The molecule has 0 aliphatic carbocycles. The molecule has 118 valence electrons. The predicted molar refractivity (Wildman–Crippen MR) is 68.0 cm³/mol. The highest BCUT2D eigenvalue weighted by atomic mass is 19.4. The second kappa shape index (κ2) is 7.16. The van der Waals surface area contributed by atoms with Gasteiger partial charge in [-0.1, -0.05) is 6.07 Å². The maximum absolute atomic E-state index is 12.3. The summed E-state index contributed by atoms with van der Waals surface area (Å²) < 4.78 is 50.3. The normalized spacial score (nSPS) is 12.7. The van der Waals surface area contributed by atoms with Crippen molar-refractivity contribution in [3.63, 3.8) is 0 Å². The van der Waals surface area contributed by atoms with E-state index in [0.717, 1.165) is 6.07 Å². The molecule has 1 aromatic rings. The summed E-state index contributed by atoms with van der Waals surface area (Å²) in [6.45, 7) is 1.81. The molecule has 1 aromatic carbocycles. The Bertz CT molecular complexity index is 491. The van der Waals surface area contributed by atoms with Gasteiger partial charge in [0, 0.05) is 0 Å². The van der Waals surface area contributed by atoms with Gasteiger partial charge in [0.05, 0.1) is 13.7 Å². The van der Waals surface area contributed by atoms with Gasteiger partial charge in [-0.2, -0.15) is 0 Å². The first-order valence-corrected chi connectivity index (χ1v) is 6.11. The number of carbonyl (C=O) groups is 1. The first-order valence-electron chi connectivity index (χ1n) is 6.11. The van der Waals surface area contributed by atoms with Crippen LogP contribution in [0, 0.1) is 0 Å². The van der Waals surface area contributed by atoms with Crippen LogP contribution < -0.4 is 15.2 Å². The third-order valence-corrected chi connectivity index (χ3v) is 2.50. The number of halogens is 3. The van der Waals surface area contributed by atoms with Gasteiger partial charge < -0.3 is 19.9 Å². The van der Waals surface area contributed by atoms with E-state index in [2.05, 4.69) is 4.74 Å². The van der Waals surface area contributed by atoms with Crippen LogP contribution in [0.5, 0.6) is 11.5 Å². The highest BCUT2D eigenvalue weighted by Gasteiger charge is 2.32. The zero-order chi connectivity index (χ0) is 16.0. The smallest absolute Gasteiger partial charge is 0.493 e. The molecule has 0 fully saturated rings. The van der Waals surface area contributed by atoms with E-state index in [-0.39, 0.29) is 18.8 Å². The molecule has 1 unspecified atom stereocenters. The van der Waals surface area contributed by atoms with E-state index in [1.165, 1.54) is 19.2 Å². The lowest BCUT2D eigenvalue weighted by Crippen LogP contribution is -2.34. The number of alkyl halides is 3. The van der Waals surface area contributed by atoms with E-state index in [1.54, 1.807) is 6.92 Å². The first-order chi connectivity index (χ1) is 9.76. The maximum Gasteiger partial charge on any atom is 0.573 e. The van der Waals surface area contributed by atoms with E-state index >= 15 is 0 Å². The van der Waals surface area contributed by atoms with Crippen molar-refractivity contribution < 1.29 is 32.2 Å². The van der Waals surface area contributed by atoms with Crippen LogP contribution in [0.25, 0.3) is 0 Å². The van der Waals surface area contributed by atoms with Gasteiger partial charge in [-0.3, -0.25) is 4.79 Å². The molecule has 0 aliphatic heterocycles. The molecule has 8 heteroatoms. The van der Waals surface area contributed by atoms with Crippen LogP contribution in [0.1, 0.15) is 12.5 Å². The van der Waals surface area contributed by atoms with Crippen molar-refractivity contribution in [3.05, 3.63) is 23.8 Å². The van der Waals surface area contributed by atoms with Crippen molar-refractivity contribution >= 4 is 5.97 Å². The van der Waals surface area contributed by atoms with Crippen LogP contribution >= 0.6 is 0 Å². The predicted octanol–water partition coefficient (Wildman–Crippen LogP) is 2.03. The summed E-state index contributed by atoms with van der Waals surface area (Å²) in [6.07, 6.45) is -4.81. The lowest BCUT2D eigenvalue weighted by molar-refractivity contribution is -0.275. The van der Waals surface area contributed by atoms with Gasteiger partial charge in [-0.05, 0) is 31.0 Å². The largest absolute Gasteiger partial charge is 0.573 e. The van der Waals surface area contributed by atoms with Gasteiger partial charge in [0.1, 0.15) is 6.04 Å². The number of hydrogen-bond donors (Lipinski definition) is 1. The maximum atomic E-state index is 12.3. The van der Waals surface area contributed by atoms with Crippen LogP contribution in [-0.2, 0) is 16.0 Å². The molecular formula is C13H16F3NO4. The number of methoxy groups -OCH3 is 1. The van der Waals surface area contributed by atoms with Crippen molar-refractivity contribution in [2.24, 2.45) is 5.73 Å². The fourth-order valence-corrected chi connectivity index (χ4v) is 1.64. The molecule has 0 radical (unpaired) electrons. The number of benzene rings is 1. The second-order valence-corrected chi connectivity index (χ2v) is 4.10. The van der Waals surface area contributed by atoms with Crippen LogP contribution in [-0.4, -0.2) is 32.1 Å². The summed E-state index contributed by atoms with van der Waals surface area (Å²) in [5.74, 6) is -1.18. The fourth-order valence-electron chi connectivity index (χ4n) is 1.64. The summed E-state index contributed by atoms with van der Waals surface area (Å²) in [7, 11) is 1.22. The van der Waals surface area contributed by atoms with Crippen LogP contribution in [0.15, 0.2) is 18.2 Å². The molecule has 0 spiro atoms. The van der Waals surface area contributed by atoms with Gasteiger partial charge in [0.25, 0.3) is 0 Å². The van der Waals surface area contributed by atoms with Gasteiger partial charge >= 0.3 is 12.3 Å². The quantitative estimate of drug-likeness (QED) is 0.814. The highest BCUT2D eigenvalue weighted by Crippen LogP contribution is 2.33. The monoisotopic (exact) mass is 307 g/mol. The molecule has 0 bridgehead atoms. The minimum absolute atomic E-state index is 0.0248. The second-order valence-electron chi connectivity index (χ2n) is 4.10. The average Bonchev–Trinajstić information content (AvgIpc) is 2.37. The SMILES string of the molecule is CCOC(=O)C(N)Cc1ccc(OC)c(OC(F)(F)F)c1. The summed E-state index contributed by atoms with van der Waals surface area (Å²) in [5, 5.41) is 0. The molecule has 2 N–H and O–H groups in total. The van der Waals surface area contributed by atoms with Crippen molar-refractivity contribution in [3.8, 4) is 11.5 Å². The van der Waals surface area contributed by atoms with E-state index in [0.29, 0.717) is 5.56 Å². The molecule has 5 nitrogen and oxygen atoms in total. The Morgan fingerprint density at radius 2 is 2.00 bits per heavy atom. The minimum Gasteiger partial charge on any atom is -0.493 e. The molecule has 0 heterocycles. The number of esters is 1. The molecule has 0 saturated heterocycles. The fraction of sp³-hybridized carbons (Fsp3) is 0.462. The molecule has 1 atom stereocenters. The van der Waals surface area contributed by atoms with Crippen molar-refractivity contribution in [1.82, 2.24) is 0 Å². The number of nitrogens with two attached hydrogens (primary N) is 1. The van der Waals surface area contributed by atoms with E-state index < -0.39 is 24.1 Å². The van der Waals surface area contributed by atoms with E-state index in [1.807, 2.05) is 0 Å². The third kappa shape index (κ3) is 5.50. The lowest BCUT2D eigenvalue weighted by Gasteiger charge is -2.15. The molecule has 0 aliphatic rings. The molecule has 0 aromatic heterocycles. The number of ether oxygens (including phenoxy) is 3. The van der Waals surface area contributed by atoms with E-state index in [9.17, 15) is 18.0 Å². The Morgan fingerprint density at radius 3 is 2.52 bits per heavy atom. The van der Waals surface area contributed by atoms with Gasteiger partial charge in [-0.25, -0.2) is 0 Å². The Hall–Kier alpha value is -1.96. The first kappa shape index (κ1) is 17.1. The molecule has 0 amide bonds. The van der Waals surface area contributed by atoms with Crippen LogP contribution in [0.3, 0.4) is 0 Å². The summed E-state index contributed by atoms with van der Waals surface area (Å²) in [6, 6.07) is 2.98. The highest BCUT2D eigenvalue weighted by molar-refractivity contribution is 5.75. The molecule has 0 saturated carbocycles. The van der Waals surface area contributed by atoms with Crippen LogP contribution in [0.4, 0.5) is 13.2 Å². The number of rotatable bonds is 6. The minimum atomic E-state index is -4.84. The van der Waals surface area contributed by atoms with Crippen molar-refractivity contribution in [2.45, 2.75) is 25.7 Å². The van der Waals surface area contributed by atoms with Crippen LogP contribution in [0.2, 0.25) is 0 Å². The molecular weight excluding hydrogens is 291 g/mol. The van der Waals surface area contributed by atoms with Gasteiger partial charge in [0.15, 0.2) is 11.5 Å². The average molecular weight is 307 g/mol. The Morgan fingerprint density at radius 1 is 1.33 bits per heavy atom. The Labute approximate surface area is 119 Å². The standard InChI is InChI=1S/C13H16F3NO4/c1-3-20-12(18)9(17)6-8-4-5-10(19-2)11(7-8)21-13(14,15)16/h4-5,7,9H,3,6,17H2,1-2H3.